The molecule has 2 aromatic rings. The number of anilines is 1. The summed E-state index contributed by atoms with van der Waals surface area (Å²) in [5.41, 5.74) is 2.53. The quantitative estimate of drug-likeness (QED) is 0.766. The van der Waals surface area contributed by atoms with Crippen LogP contribution in [0.2, 0.25) is 0 Å². The molecule has 0 aromatic carbocycles. The molecule has 2 aromatic heterocycles. The van der Waals surface area contributed by atoms with Crippen LogP contribution in [0.3, 0.4) is 0 Å². The van der Waals surface area contributed by atoms with Crippen molar-refractivity contribution >= 4 is 17.6 Å². The highest BCUT2D eigenvalue weighted by atomic mass is 19.3. The number of carbonyl (C=O) groups is 2. The van der Waals surface area contributed by atoms with Crippen LogP contribution in [0.4, 0.5) is 14.6 Å². The number of ether oxygens (including phenoxy) is 1. The van der Waals surface area contributed by atoms with Crippen LogP contribution < -0.4 is 10.1 Å². The number of carbonyl (C=O) groups excluding carboxylic acids is 2. The minimum atomic E-state index is -2.57. The Morgan fingerprint density at radius 2 is 2.10 bits per heavy atom. The van der Waals surface area contributed by atoms with Crippen molar-refractivity contribution in [3.8, 4) is 5.88 Å². The van der Waals surface area contributed by atoms with E-state index in [1.807, 2.05) is 0 Å². The highest BCUT2D eigenvalue weighted by molar-refractivity contribution is 6.01. The summed E-state index contributed by atoms with van der Waals surface area (Å²) in [6.07, 6.45) is 0.427. The van der Waals surface area contributed by atoms with E-state index in [4.69, 9.17) is 4.74 Å². The highest BCUT2D eigenvalue weighted by Gasteiger charge is 2.30. The first-order valence-electron chi connectivity index (χ1n) is 9.20. The van der Waals surface area contributed by atoms with Gasteiger partial charge in [-0.15, -0.1) is 0 Å². The number of rotatable bonds is 7. The molecule has 0 saturated heterocycles. The molecule has 0 bridgehead atoms. The number of nitrogens with zero attached hydrogens (tertiary/aromatic N) is 3. The summed E-state index contributed by atoms with van der Waals surface area (Å²) in [5.74, 6) is -0.00933. The van der Waals surface area contributed by atoms with Crippen molar-refractivity contribution < 1.29 is 23.1 Å². The number of hydrogen-bond acceptors (Lipinski definition) is 5. The van der Waals surface area contributed by atoms with Gasteiger partial charge in [0.25, 0.3) is 12.3 Å². The van der Waals surface area contributed by atoms with E-state index >= 15 is 0 Å². The van der Waals surface area contributed by atoms with E-state index in [0.717, 1.165) is 5.56 Å². The SMILES string of the molecule is Cc1cc(CN2Cc3c(ccnc3NC(=O)C(C)C)C2=O)cnc1OCC(F)F. The minimum absolute atomic E-state index is 0.146. The number of aromatic nitrogens is 2. The molecule has 0 atom stereocenters. The molecule has 3 rings (SSSR count). The summed E-state index contributed by atoms with van der Waals surface area (Å²) in [6, 6.07) is 3.39. The molecule has 0 fully saturated rings. The first-order chi connectivity index (χ1) is 13.8. The van der Waals surface area contributed by atoms with Crippen LogP contribution in [-0.4, -0.2) is 39.7 Å². The topological polar surface area (TPSA) is 84.4 Å². The average Bonchev–Trinajstić information content (AvgIpc) is 2.98. The van der Waals surface area contributed by atoms with Gasteiger partial charge in [0.05, 0.1) is 6.54 Å². The summed E-state index contributed by atoms with van der Waals surface area (Å²) in [5, 5.41) is 2.77. The summed E-state index contributed by atoms with van der Waals surface area (Å²) in [7, 11) is 0. The van der Waals surface area contributed by atoms with E-state index in [9.17, 15) is 18.4 Å². The summed E-state index contributed by atoms with van der Waals surface area (Å²) >= 11 is 0. The Balaban J connectivity index is 1.74. The van der Waals surface area contributed by atoms with Gasteiger partial charge in [-0.2, -0.15) is 0 Å². The summed E-state index contributed by atoms with van der Waals surface area (Å²) < 4.78 is 29.6. The lowest BCUT2D eigenvalue weighted by Crippen LogP contribution is -2.23. The third-order valence-corrected chi connectivity index (χ3v) is 4.49. The van der Waals surface area contributed by atoms with Crippen molar-refractivity contribution in [3.05, 3.63) is 46.8 Å². The summed E-state index contributed by atoms with van der Waals surface area (Å²) in [6.45, 7) is 5.14. The second-order valence-electron chi connectivity index (χ2n) is 7.16. The molecule has 3 heterocycles. The van der Waals surface area contributed by atoms with Crippen molar-refractivity contribution in [2.45, 2.75) is 40.3 Å². The van der Waals surface area contributed by atoms with Gasteiger partial charge in [-0.05, 0) is 24.6 Å². The molecule has 0 radical (unpaired) electrons. The van der Waals surface area contributed by atoms with Gasteiger partial charge < -0.3 is 15.0 Å². The van der Waals surface area contributed by atoms with Crippen molar-refractivity contribution in [2.24, 2.45) is 5.92 Å². The Hall–Kier alpha value is -3.10. The van der Waals surface area contributed by atoms with Gasteiger partial charge in [0.2, 0.25) is 11.8 Å². The fraction of sp³-hybridized carbons (Fsp3) is 0.400. The number of aryl methyl sites for hydroxylation is 1. The smallest absolute Gasteiger partial charge is 0.272 e. The maximum atomic E-state index is 12.8. The predicted octanol–water partition coefficient (Wildman–Crippen LogP) is 3.18. The van der Waals surface area contributed by atoms with Crippen LogP contribution >= 0.6 is 0 Å². The second kappa shape index (κ2) is 8.50. The lowest BCUT2D eigenvalue weighted by atomic mass is 10.1. The monoisotopic (exact) mass is 404 g/mol. The minimum Gasteiger partial charge on any atom is -0.471 e. The van der Waals surface area contributed by atoms with Crippen LogP contribution in [0.15, 0.2) is 24.5 Å². The standard InChI is InChI=1S/C20H22F2N4O3/c1-11(2)18(27)25-17-15-9-26(20(28)14(15)4-5-23-17)8-13-6-12(3)19(24-7-13)29-10-16(21)22/h4-7,11,16H,8-10H2,1-3H3,(H,23,25,27). The van der Waals surface area contributed by atoms with Crippen molar-refractivity contribution in [1.82, 2.24) is 14.9 Å². The van der Waals surface area contributed by atoms with E-state index in [1.165, 1.54) is 12.4 Å². The molecule has 7 nitrogen and oxygen atoms in total. The van der Waals surface area contributed by atoms with Crippen LogP contribution in [-0.2, 0) is 17.9 Å². The van der Waals surface area contributed by atoms with E-state index in [-0.39, 0.29) is 30.2 Å². The van der Waals surface area contributed by atoms with Crippen LogP contribution in [0.5, 0.6) is 5.88 Å². The van der Waals surface area contributed by atoms with E-state index in [0.29, 0.717) is 29.1 Å². The van der Waals surface area contributed by atoms with E-state index in [2.05, 4.69) is 15.3 Å². The van der Waals surface area contributed by atoms with Gasteiger partial charge in [0, 0.05) is 41.5 Å². The average molecular weight is 404 g/mol. The van der Waals surface area contributed by atoms with Gasteiger partial charge >= 0.3 is 0 Å². The molecule has 2 amide bonds. The van der Waals surface area contributed by atoms with Gasteiger partial charge in [-0.25, -0.2) is 18.7 Å². The molecule has 29 heavy (non-hydrogen) atoms. The largest absolute Gasteiger partial charge is 0.471 e. The number of alkyl halides is 2. The number of amides is 2. The summed E-state index contributed by atoms with van der Waals surface area (Å²) in [4.78, 5) is 34.7. The van der Waals surface area contributed by atoms with E-state index in [1.54, 1.807) is 37.8 Å². The molecule has 0 spiro atoms. The van der Waals surface area contributed by atoms with Gasteiger partial charge in [0.15, 0.2) is 6.61 Å². The maximum Gasteiger partial charge on any atom is 0.272 e. The second-order valence-corrected chi connectivity index (χ2v) is 7.16. The third kappa shape index (κ3) is 4.67. The van der Waals surface area contributed by atoms with Gasteiger partial charge in [-0.1, -0.05) is 13.8 Å². The molecule has 154 valence electrons. The van der Waals surface area contributed by atoms with Gasteiger partial charge in [0.1, 0.15) is 5.82 Å². The Morgan fingerprint density at radius 3 is 2.76 bits per heavy atom. The molecular formula is C20H22F2N4O3. The van der Waals surface area contributed by atoms with Gasteiger partial charge in [-0.3, -0.25) is 9.59 Å². The van der Waals surface area contributed by atoms with E-state index < -0.39 is 13.0 Å². The lowest BCUT2D eigenvalue weighted by molar-refractivity contribution is -0.118. The highest BCUT2D eigenvalue weighted by Crippen LogP contribution is 2.29. The first kappa shape index (κ1) is 20.6. The predicted molar refractivity (Wildman–Crippen MR) is 102 cm³/mol. The van der Waals surface area contributed by atoms with Crippen molar-refractivity contribution in [3.63, 3.8) is 0 Å². The molecule has 1 N–H and O–H groups in total. The number of fused-ring (bicyclic) bond motifs is 1. The molecular weight excluding hydrogens is 382 g/mol. The lowest BCUT2D eigenvalue weighted by Gasteiger charge is -2.17. The number of pyridine rings is 2. The third-order valence-electron chi connectivity index (χ3n) is 4.49. The maximum absolute atomic E-state index is 12.8. The first-order valence-corrected chi connectivity index (χ1v) is 9.20. The van der Waals surface area contributed by atoms with Crippen LogP contribution in [0.1, 0.15) is 40.9 Å². The molecule has 1 aliphatic rings. The molecule has 0 unspecified atom stereocenters. The molecule has 9 heteroatoms. The number of hydrogen-bond donors (Lipinski definition) is 1. The fourth-order valence-electron chi connectivity index (χ4n) is 3.00. The number of halogens is 2. The molecule has 0 aliphatic carbocycles. The fourth-order valence-corrected chi connectivity index (χ4v) is 3.00. The van der Waals surface area contributed by atoms with Crippen molar-refractivity contribution in [1.29, 1.82) is 0 Å². The zero-order valence-corrected chi connectivity index (χ0v) is 16.4. The Kier molecular flexibility index (Phi) is 6.05. The van der Waals surface area contributed by atoms with Crippen molar-refractivity contribution in [2.75, 3.05) is 11.9 Å². The Labute approximate surface area is 167 Å². The Bertz CT molecular complexity index is 934. The Morgan fingerprint density at radius 1 is 1.34 bits per heavy atom. The molecule has 0 saturated carbocycles. The van der Waals surface area contributed by atoms with Crippen LogP contribution in [0.25, 0.3) is 0 Å². The zero-order chi connectivity index (χ0) is 21.1. The molecule has 1 aliphatic heterocycles. The zero-order valence-electron chi connectivity index (χ0n) is 16.4. The number of nitrogens with one attached hydrogen (secondary N) is 1. The normalized spacial score (nSPS) is 13.2. The van der Waals surface area contributed by atoms with Crippen LogP contribution in [0, 0.1) is 12.8 Å².